The molecule has 1 fully saturated rings. The lowest BCUT2D eigenvalue weighted by Gasteiger charge is -2.19. The zero-order valence-electron chi connectivity index (χ0n) is 11.7. The van der Waals surface area contributed by atoms with Gasteiger partial charge in [0.25, 0.3) is 0 Å². The molecule has 0 aromatic heterocycles. The molecule has 0 radical (unpaired) electrons. The van der Waals surface area contributed by atoms with Gasteiger partial charge in [0, 0.05) is 5.69 Å². The van der Waals surface area contributed by atoms with E-state index in [9.17, 15) is 4.79 Å². The number of anilines is 1. The van der Waals surface area contributed by atoms with Crippen LogP contribution in [0.5, 0.6) is 0 Å². The summed E-state index contributed by atoms with van der Waals surface area (Å²) in [5.74, 6) is -0.124. The average Bonchev–Trinajstić information content (AvgIpc) is 2.79. The van der Waals surface area contributed by atoms with Gasteiger partial charge in [0.2, 0.25) is 5.91 Å². The molecule has 1 aliphatic carbocycles. The number of carbonyl (C=O) groups is 1. The van der Waals surface area contributed by atoms with Crippen molar-refractivity contribution in [3.8, 4) is 0 Å². The van der Waals surface area contributed by atoms with Gasteiger partial charge in [-0.1, -0.05) is 32.9 Å². The van der Waals surface area contributed by atoms with Crippen LogP contribution in [0.15, 0.2) is 24.3 Å². The van der Waals surface area contributed by atoms with Gasteiger partial charge < -0.3 is 5.32 Å². The lowest BCUT2D eigenvalue weighted by Crippen LogP contribution is -2.26. The van der Waals surface area contributed by atoms with Crippen molar-refractivity contribution in [1.29, 1.82) is 0 Å². The minimum absolute atomic E-state index is 0.104. The Labute approximate surface area is 124 Å². The number of benzene rings is 1. The van der Waals surface area contributed by atoms with E-state index in [0.717, 1.165) is 5.69 Å². The van der Waals surface area contributed by atoms with E-state index in [0.29, 0.717) is 6.42 Å². The van der Waals surface area contributed by atoms with E-state index in [2.05, 4.69) is 26.1 Å². The maximum atomic E-state index is 12.1. The van der Waals surface area contributed by atoms with Crippen molar-refractivity contribution in [2.24, 2.45) is 5.41 Å². The highest BCUT2D eigenvalue weighted by atomic mass is 35.5. The first-order valence-corrected chi connectivity index (χ1v) is 7.12. The van der Waals surface area contributed by atoms with Gasteiger partial charge in [-0.05, 0) is 36.5 Å². The largest absolute Gasteiger partial charge is 0.326 e. The van der Waals surface area contributed by atoms with Gasteiger partial charge in [-0.25, -0.2) is 0 Å². The number of carbonyl (C=O) groups excluding carboxylic acids is 1. The summed E-state index contributed by atoms with van der Waals surface area (Å²) < 4.78 is -0.928. The second kappa shape index (κ2) is 4.39. The molecule has 1 N–H and O–H groups in total. The third-order valence-electron chi connectivity index (χ3n) is 3.77. The van der Waals surface area contributed by atoms with Gasteiger partial charge in [0.1, 0.15) is 4.33 Å². The lowest BCUT2D eigenvalue weighted by atomic mass is 9.87. The molecule has 1 amide bonds. The Bertz CT molecular complexity index is 502. The van der Waals surface area contributed by atoms with E-state index in [4.69, 9.17) is 23.2 Å². The van der Waals surface area contributed by atoms with Crippen molar-refractivity contribution >= 4 is 34.8 Å². The van der Waals surface area contributed by atoms with Crippen LogP contribution in [0.1, 0.15) is 39.7 Å². The molecule has 0 saturated heterocycles. The lowest BCUT2D eigenvalue weighted by molar-refractivity contribution is -0.120. The summed E-state index contributed by atoms with van der Waals surface area (Å²) in [5.41, 5.74) is 1.42. The summed E-state index contributed by atoms with van der Waals surface area (Å²) in [4.78, 5) is 12.1. The first kappa shape index (κ1) is 14.7. The van der Waals surface area contributed by atoms with Crippen molar-refractivity contribution in [3.63, 3.8) is 0 Å². The predicted octanol–water partition coefficient (Wildman–Crippen LogP) is 4.51. The van der Waals surface area contributed by atoms with Crippen LogP contribution in [0, 0.1) is 5.41 Å². The summed E-state index contributed by atoms with van der Waals surface area (Å²) in [6.07, 6.45) is 0.495. The van der Waals surface area contributed by atoms with Crippen LogP contribution in [-0.2, 0) is 10.2 Å². The Morgan fingerprint density at radius 1 is 1.21 bits per heavy atom. The topological polar surface area (TPSA) is 29.1 Å². The molecule has 104 valence electrons. The number of alkyl halides is 2. The third kappa shape index (κ3) is 2.75. The molecular weight excluding hydrogens is 281 g/mol. The number of amides is 1. The van der Waals surface area contributed by atoms with E-state index in [1.165, 1.54) is 5.56 Å². The molecule has 1 aliphatic rings. The smallest absolute Gasteiger partial charge is 0.233 e. The Morgan fingerprint density at radius 3 is 2.05 bits per heavy atom. The summed E-state index contributed by atoms with van der Waals surface area (Å²) in [7, 11) is 0. The summed E-state index contributed by atoms with van der Waals surface area (Å²) in [5, 5.41) is 2.87. The van der Waals surface area contributed by atoms with Crippen LogP contribution >= 0.6 is 23.2 Å². The van der Waals surface area contributed by atoms with Crippen LogP contribution in [0.4, 0.5) is 5.69 Å². The molecule has 1 atom stereocenters. The SMILES string of the molecule is CC(C)(C)c1ccc(NC(=O)C2(C)CC2(Cl)Cl)cc1. The Kier molecular flexibility index (Phi) is 3.39. The first-order valence-electron chi connectivity index (χ1n) is 6.36. The number of halogens is 2. The molecule has 1 aromatic carbocycles. The zero-order chi connectivity index (χ0) is 14.5. The van der Waals surface area contributed by atoms with E-state index < -0.39 is 9.75 Å². The summed E-state index contributed by atoms with van der Waals surface area (Å²) in [6, 6.07) is 7.88. The second-order valence-corrected chi connectivity index (χ2v) is 7.98. The highest BCUT2D eigenvalue weighted by molar-refractivity contribution is 6.53. The number of rotatable bonds is 2. The van der Waals surface area contributed by atoms with E-state index in [-0.39, 0.29) is 11.3 Å². The third-order valence-corrected chi connectivity index (χ3v) is 4.87. The monoisotopic (exact) mass is 299 g/mol. The van der Waals surface area contributed by atoms with Gasteiger partial charge in [-0.15, -0.1) is 23.2 Å². The fourth-order valence-electron chi connectivity index (χ4n) is 1.97. The van der Waals surface area contributed by atoms with Crippen LogP contribution in [0.2, 0.25) is 0 Å². The summed E-state index contributed by atoms with van der Waals surface area (Å²) >= 11 is 12.0. The molecular formula is C15H19Cl2NO. The molecule has 0 bridgehead atoms. The molecule has 19 heavy (non-hydrogen) atoms. The number of hydrogen-bond donors (Lipinski definition) is 1. The van der Waals surface area contributed by atoms with Crippen LogP contribution < -0.4 is 5.32 Å². The Balaban J connectivity index is 2.07. The molecule has 1 unspecified atom stereocenters. The van der Waals surface area contributed by atoms with Crippen LogP contribution in [-0.4, -0.2) is 10.2 Å². The normalized spacial score (nSPS) is 24.9. The van der Waals surface area contributed by atoms with Crippen LogP contribution in [0.3, 0.4) is 0 Å². The minimum Gasteiger partial charge on any atom is -0.326 e. The van der Waals surface area contributed by atoms with Crippen molar-refractivity contribution in [1.82, 2.24) is 0 Å². The van der Waals surface area contributed by atoms with Gasteiger partial charge in [0.05, 0.1) is 5.41 Å². The maximum absolute atomic E-state index is 12.1. The Morgan fingerprint density at radius 2 is 1.68 bits per heavy atom. The number of nitrogens with one attached hydrogen (secondary N) is 1. The van der Waals surface area contributed by atoms with Crippen LogP contribution in [0.25, 0.3) is 0 Å². The highest BCUT2D eigenvalue weighted by Crippen LogP contribution is 2.64. The molecule has 1 aromatic rings. The molecule has 4 heteroatoms. The highest BCUT2D eigenvalue weighted by Gasteiger charge is 2.67. The van der Waals surface area contributed by atoms with Crippen molar-refractivity contribution in [2.75, 3.05) is 5.32 Å². The Hall–Kier alpha value is -0.730. The molecule has 0 aliphatic heterocycles. The van der Waals surface area contributed by atoms with Gasteiger partial charge in [-0.3, -0.25) is 4.79 Å². The van der Waals surface area contributed by atoms with Gasteiger partial charge in [0.15, 0.2) is 0 Å². The molecule has 2 nitrogen and oxygen atoms in total. The number of hydrogen-bond acceptors (Lipinski definition) is 1. The molecule has 1 saturated carbocycles. The standard InChI is InChI=1S/C15H19Cl2NO/c1-13(2,3)10-5-7-11(8-6-10)18-12(19)14(4)9-15(14,16)17/h5-8H,9H2,1-4H3,(H,18,19). The van der Waals surface area contributed by atoms with Crippen molar-refractivity contribution < 1.29 is 4.79 Å². The van der Waals surface area contributed by atoms with Crippen molar-refractivity contribution in [3.05, 3.63) is 29.8 Å². The maximum Gasteiger partial charge on any atom is 0.233 e. The molecule has 0 spiro atoms. The fourth-order valence-corrected chi connectivity index (χ4v) is 2.67. The average molecular weight is 300 g/mol. The van der Waals surface area contributed by atoms with Gasteiger partial charge >= 0.3 is 0 Å². The van der Waals surface area contributed by atoms with E-state index >= 15 is 0 Å². The minimum atomic E-state index is -0.928. The molecule has 2 rings (SSSR count). The predicted molar refractivity (Wildman–Crippen MR) is 80.9 cm³/mol. The van der Waals surface area contributed by atoms with Crippen molar-refractivity contribution in [2.45, 2.75) is 43.9 Å². The quantitative estimate of drug-likeness (QED) is 0.800. The summed E-state index contributed by atoms with van der Waals surface area (Å²) in [6.45, 7) is 8.25. The zero-order valence-corrected chi connectivity index (χ0v) is 13.2. The van der Waals surface area contributed by atoms with E-state index in [1.807, 2.05) is 24.3 Å². The first-order chi connectivity index (χ1) is 8.56. The second-order valence-electron chi connectivity index (χ2n) is 6.49. The van der Waals surface area contributed by atoms with Gasteiger partial charge in [-0.2, -0.15) is 0 Å². The fraction of sp³-hybridized carbons (Fsp3) is 0.533. The molecule has 0 heterocycles. The van der Waals surface area contributed by atoms with E-state index in [1.54, 1.807) is 6.92 Å².